The molecule has 11 nitrogen and oxygen atoms in total. The lowest BCUT2D eigenvalue weighted by Gasteiger charge is -2.41. The molecule has 6 atom stereocenters. The highest BCUT2D eigenvalue weighted by molar-refractivity contribution is 5.82. The van der Waals surface area contributed by atoms with Crippen molar-refractivity contribution in [2.24, 2.45) is 0 Å². The molecule has 2 N–H and O–H groups in total. The molecule has 2 aromatic carbocycles. The van der Waals surface area contributed by atoms with E-state index in [1.54, 1.807) is 18.3 Å². The Hall–Kier alpha value is -3.74. The summed E-state index contributed by atoms with van der Waals surface area (Å²) in [6.45, 7) is 1.02. The lowest BCUT2D eigenvalue weighted by Crippen LogP contribution is -2.56. The van der Waals surface area contributed by atoms with Crippen molar-refractivity contribution in [2.75, 3.05) is 31.4 Å². The zero-order valence-corrected chi connectivity index (χ0v) is 21.0. The molecule has 3 saturated heterocycles. The number of fused-ring (bicyclic) bond motifs is 3. The highest BCUT2D eigenvalue weighted by Crippen LogP contribution is 2.41. The molecule has 7 rings (SSSR count). The molecule has 2 bridgehead atoms. The number of hydrogen-bond acceptors (Lipinski definition) is 9. The first-order valence-electron chi connectivity index (χ1n) is 13.1. The van der Waals surface area contributed by atoms with Gasteiger partial charge in [-0.15, -0.1) is 5.10 Å². The highest BCUT2D eigenvalue weighted by Gasteiger charge is 2.49. The summed E-state index contributed by atoms with van der Waals surface area (Å²) in [6.07, 6.45) is -0.270. The van der Waals surface area contributed by atoms with Crippen molar-refractivity contribution in [3.63, 3.8) is 0 Å². The highest BCUT2D eigenvalue weighted by atomic mass is 19.1. The predicted molar refractivity (Wildman–Crippen MR) is 135 cm³/mol. The first kappa shape index (κ1) is 24.3. The number of anilines is 1. The fourth-order valence-corrected chi connectivity index (χ4v) is 6.25. The van der Waals surface area contributed by atoms with Gasteiger partial charge in [-0.05, 0) is 30.7 Å². The van der Waals surface area contributed by atoms with E-state index in [-0.39, 0.29) is 31.2 Å². The normalized spacial score (nSPS) is 29.3. The maximum absolute atomic E-state index is 13.7. The van der Waals surface area contributed by atoms with Gasteiger partial charge in [-0.3, -0.25) is 4.79 Å². The van der Waals surface area contributed by atoms with Gasteiger partial charge in [-0.25, -0.2) is 9.07 Å². The number of benzene rings is 2. The Balaban J connectivity index is 1.07. The Morgan fingerprint density at radius 3 is 2.74 bits per heavy atom. The zero-order valence-electron chi connectivity index (χ0n) is 21.0. The smallest absolute Gasteiger partial charge is 0.252 e. The molecular weight excluding hydrogens is 509 g/mol. The maximum atomic E-state index is 13.7. The van der Waals surface area contributed by atoms with Crippen LogP contribution in [-0.4, -0.2) is 92.9 Å². The Bertz CT molecular complexity index is 1400. The number of nitrogens with zero attached hydrogens (tertiary/aromatic N) is 5. The second-order valence-electron chi connectivity index (χ2n) is 10.5. The van der Waals surface area contributed by atoms with Crippen LogP contribution >= 0.6 is 0 Å². The average molecular weight is 538 g/mol. The van der Waals surface area contributed by atoms with Gasteiger partial charge in [0, 0.05) is 42.9 Å². The molecule has 204 valence electrons. The van der Waals surface area contributed by atoms with E-state index in [0.29, 0.717) is 24.3 Å². The summed E-state index contributed by atoms with van der Waals surface area (Å²) >= 11 is 0. The summed E-state index contributed by atoms with van der Waals surface area (Å²) in [5.41, 5.74) is 2.03. The molecule has 3 aromatic rings. The molecule has 3 fully saturated rings. The molecule has 4 aliphatic rings. The first-order chi connectivity index (χ1) is 19.0. The number of rotatable bonds is 5. The van der Waals surface area contributed by atoms with Gasteiger partial charge < -0.3 is 34.2 Å². The van der Waals surface area contributed by atoms with E-state index in [9.17, 15) is 19.4 Å². The second kappa shape index (κ2) is 9.47. The van der Waals surface area contributed by atoms with Gasteiger partial charge in [0.05, 0.1) is 24.9 Å². The van der Waals surface area contributed by atoms with Crippen molar-refractivity contribution in [2.45, 2.75) is 49.3 Å². The van der Waals surface area contributed by atoms with Gasteiger partial charge in [-0.1, -0.05) is 17.3 Å². The number of carbonyl (C=O) groups is 1. The predicted octanol–water partition coefficient (Wildman–Crippen LogP) is 1.35. The van der Waals surface area contributed by atoms with Gasteiger partial charge in [-0.2, -0.15) is 0 Å². The van der Waals surface area contributed by atoms with Crippen molar-refractivity contribution in [3.05, 3.63) is 54.5 Å². The van der Waals surface area contributed by atoms with Crippen LogP contribution in [0.1, 0.15) is 18.9 Å². The Labute approximate surface area is 223 Å². The fourth-order valence-electron chi connectivity index (χ4n) is 6.25. The molecule has 1 aromatic heterocycles. The fraction of sp³-hybridized carbons (Fsp3) is 0.444. The van der Waals surface area contributed by atoms with Crippen molar-refractivity contribution >= 4 is 11.6 Å². The molecule has 0 saturated carbocycles. The summed E-state index contributed by atoms with van der Waals surface area (Å²) in [5, 5.41) is 29.1. The van der Waals surface area contributed by atoms with Crippen molar-refractivity contribution < 1.29 is 33.6 Å². The maximum Gasteiger partial charge on any atom is 0.252 e. The van der Waals surface area contributed by atoms with E-state index in [4.69, 9.17) is 14.2 Å². The third-order valence-corrected chi connectivity index (χ3v) is 8.21. The molecule has 1 amide bonds. The molecule has 0 aliphatic carbocycles. The number of likely N-dealkylation sites (tertiary alicyclic amines) is 1. The quantitative estimate of drug-likeness (QED) is 0.497. The summed E-state index contributed by atoms with van der Waals surface area (Å²) in [5.74, 6) is 0.914. The van der Waals surface area contributed by atoms with Gasteiger partial charge >= 0.3 is 0 Å². The van der Waals surface area contributed by atoms with E-state index in [1.165, 1.54) is 16.8 Å². The van der Waals surface area contributed by atoms with Crippen LogP contribution in [0.15, 0.2) is 48.7 Å². The minimum Gasteiger partial charge on any atom is -0.454 e. The third-order valence-electron chi connectivity index (χ3n) is 8.21. The number of piperazine rings is 1. The largest absolute Gasteiger partial charge is 0.454 e. The molecule has 6 unspecified atom stereocenters. The monoisotopic (exact) mass is 537 g/mol. The van der Waals surface area contributed by atoms with Crippen LogP contribution in [0.25, 0.3) is 11.3 Å². The van der Waals surface area contributed by atoms with Crippen molar-refractivity contribution in [3.8, 4) is 22.8 Å². The Morgan fingerprint density at radius 2 is 1.95 bits per heavy atom. The third kappa shape index (κ3) is 4.19. The lowest BCUT2D eigenvalue weighted by molar-refractivity contribution is -0.179. The summed E-state index contributed by atoms with van der Waals surface area (Å²) < 4.78 is 32.0. The van der Waals surface area contributed by atoms with Gasteiger partial charge in [0.2, 0.25) is 6.79 Å². The Morgan fingerprint density at radius 1 is 1.08 bits per heavy atom. The number of aliphatic hydroxyl groups excluding tert-OH is 2. The molecule has 12 heteroatoms. The van der Waals surface area contributed by atoms with Crippen LogP contribution in [0, 0.1) is 5.82 Å². The van der Waals surface area contributed by atoms with Crippen molar-refractivity contribution in [1.29, 1.82) is 0 Å². The number of aliphatic hydroxyl groups is 2. The van der Waals surface area contributed by atoms with Crippen LogP contribution in [0.4, 0.5) is 10.1 Å². The summed E-state index contributed by atoms with van der Waals surface area (Å²) in [6, 6.07) is 11.5. The van der Waals surface area contributed by atoms with Crippen LogP contribution in [0.2, 0.25) is 0 Å². The number of amides is 1. The summed E-state index contributed by atoms with van der Waals surface area (Å²) in [4.78, 5) is 17.9. The van der Waals surface area contributed by atoms with E-state index >= 15 is 0 Å². The van der Waals surface area contributed by atoms with E-state index < -0.39 is 36.8 Å². The minimum absolute atomic E-state index is 0.0281. The van der Waals surface area contributed by atoms with E-state index in [1.807, 2.05) is 23.1 Å². The zero-order chi connectivity index (χ0) is 26.7. The number of carbonyl (C=O) groups excluding carboxylic acids is 1. The lowest BCUT2D eigenvalue weighted by atomic mass is 9.94. The van der Waals surface area contributed by atoms with Crippen LogP contribution < -0.4 is 14.4 Å². The number of ether oxygens (including phenoxy) is 3. The van der Waals surface area contributed by atoms with Crippen LogP contribution in [-0.2, 0) is 9.53 Å². The average Bonchev–Trinajstić information content (AvgIpc) is 3.76. The topological polar surface area (TPSA) is 122 Å². The van der Waals surface area contributed by atoms with Crippen LogP contribution in [0.5, 0.6) is 11.5 Å². The Kier molecular flexibility index (Phi) is 5.90. The summed E-state index contributed by atoms with van der Waals surface area (Å²) in [7, 11) is 0. The van der Waals surface area contributed by atoms with E-state index in [2.05, 4.69) is 15.2 Å². The molecule has 0 radical (unpaired) electrons. The van der Waals surface area contributed by atoms with Crippen molar-refractivity contribution in [1.82, 2.24) is 19.9 Å². The second-order valence-corrected chi connectivity index (χ2v) is 10.5. The SMILES string of the molecule is O=C(C1CC(n2cc(-c3cccc(F)c3)nn2)C(O)C(CO)O1)N1CC2CC1CN2c1ccc2c(c1)OCO2. The van der Waals surface area contributed by atoms with Crippen LogP contribution in [0.3, 0.4) is 0 Å². The minimum atomic E-state index is -1.10. The number of hydrogen-bond donors (Lipinski definition) is 2. The number of aromatic nitrogens is 3. The van der Waals surface area contributed by atoms with E-state index in [0.717, 1.165) is 23.6 Å². The standard InChI is InChI=1S/C27H28FN5O6/c28-16-3-1-2-15(6-16)20-12-33(30-29-20)21-9-24(39-25(13-34)26(21)35)27(36)32-11-18-7-19(32)10-31(18)17-4-5-22-23(8-17)38-14-37-22/h1-6,8,12,18-19,21,24-26,34-35H,7,9-11,13-14H2. The van der Waals surface area contributed by atoms with Gasteiger partial charge in [0.15, 0.2) is 11.5 Å². The van der Waals surface area contributed by atoms with Gasteiger partial charge in [0.1, 0.15) is 29.8 Å². The molecular formula is C27H28FN5O6. The molecule has 0 spiro atoms. The molecule has 5 heterocycles. The first-order valence-corrected chi connectivity index (χ1v) is 13.1. The molecule has 4 aliphatic heterocycles. The molecule has 39 heavy (non-hydrogen) atoms. The van der Waals surface area contributed by atoms with Gasteiger partial charge in [0.25, 0.3) is 5.91 Å². The number of halogens is 1.